The predicted octanol–water partition coefficient (Wildman–Crippen LogP) is 5.93. The Bertz CT molecular complexity index is 1080. The fourth-order valence-corrected chi connectivity index (χ4v) is 4.06. The van der Waals surface area contributed by atoms with Crippen LogP contribution in [0.5, 0.6) is 0 Å². The molecule has 0 saturated heterocycles. The molecule has 3 aromatic rings. The Labute approximate surface area is 180 Å². The van der Waals surface area contributed by atoms with Crippen molar-refractivity contribution in [2.45, 2.75) is 13.0 Å². The normalized spacial score (nSPS) is 16.6. The lowest BCUT2D eigenvalue weighted by Gasteiger charge is -2.38. The molecule has 3 nitrogen and oxygen atoms in total. The Morgan fingerprint density at radius 2 is 1.52 bits per heavy atom. The van der Waals surface area contributed by atoms with Crippen LogP contribution in [0, 0.1) is 0 Å². The predicted molar refractivity (Wildman–Crippen MR) is 122 cm³/mol. The van der Waals surface area contributed by atoms with Gasteiger partial charge in [-0.15, -0.1) is 0 Å². The summed E-state index contributed by atoms with van der Waals surface area (Å²) in [5.41, 5.74) is 3.96. The highest BCUT2D eigenvalue weighted by Gasteiger charge is 2.34. The average molecular weight is 419 g/mol. The van der Waals surface area contributed by atoms with Gasteiger partial charge in [-0.1, -0.05) is 72.3 Å². The van der Waals surface area contributed by atoms with Crippen molar-refractivity contribution in [2.75, 3.05) is 4.90 Å². The van der Waals surface area contributed by atoms with E-state index in [0.717, 1.165) is 16.9 Å². The van der Waals surface area contributed by atoms with E-state index in [1.165, 1.54) is 0 Å². The van der Waals surface area contributed by atoms with E-state index < -0.39 is 0 Å². The van der Waals surface area contributed by atoms with Crippen molar-refractivity contribution in [3.05, 3.63) is 112 Å². The summed E-state index contributed by atoms with van der Waals surface area (Å²) >= 11 is 11.8. The number of carbonyl (C=O) groups excluding carboxylic acids is 1. The second-order valence-electron chi connectivity index (χ2n) is 6.80. The Morgan fingerprint density at radius 3 is 2.14 bits per heavy atom. The molecule has 1 N–H and O–H groups in total. The van der Waals surface area contributed by atoms with Gasteiger partial charge in [0, 0.05) is 27.5 Å². The fraction of sp³-hybridized carbons (Fsp3) is 0.0833. The van der Waals surface area contributed by atoms with Gasteiger partial charge in [-0.2, -0.15) is 0 Å². The van der Waals surface area contributed by atoms with E-state index >= 15 is 0 Å². The number of thiocarbonyl (C=S) groups is 1. The van der Waals surface area contributed by atoms with Crippen molar-refractivity contribution in [1.82, 2.24) is 5.32 Å². The summed E-state index contributed by atoms with van der Waals surface area (Å²) in [4.78, 5) is 15.5. The van der Waals surface area contributed by atoms with Crippen LogP contribution < -0.4 is 10.2 Å². The number of allylic oxidation sites excluding steroid dienone is 1. The summed E-state index contributed by atoms with van der Waals surface area (Å²) in [6, 6.07) is 26.3. The Morgan fingerprint density at radius 1 is 0.931 bits per heavy atom. The molecular weight excluding hydrogens is 400 g/mol. The van der Waals surface area contributed by atoms with Crippen LogP contribution in [0.4, 0.5) is 5.69 Å². The lowest BCUT2D eigenvalue weighted by Crippen LogP contribution is -2.47. The number of Topliss-reactive ketones (excluding diaryl/α,β-unsaturated/α-hetero) is 1. The van der Waals surface area contributed by atoms with Gasteiger partial charge in [0.05, 0.1) is 6.04 Å². The Kier molecular flexibility index (Phi) is 5.47. The fourth-order valence-electron chi connectivity index (χ4n) is 3.58. The lowest BCUT2D eigenvalue weighted by molar-refractivity contribution is 0.102. The average Bonchev–Trinajstić information content (AvgIpc) is 2.75. The lowest BCUT2D eigenvalue weighted by atomic mass is 9.89. The summed E-state index contributed by atoms with van der Waals surface area (Å²) in [5, 5.41) is 4.57. The van der Waals surface area contributed by atoms with Crippen LogP contribution in [0.3, 0.4) is 0 Å². The second kappa shape index (κ2) is 8.19. The van der Waals surface area contributed by atoms with Gasteiger partial charge in [0.15, 0.2) is 10.9 Å². The van der Waals surface area contributed by atoms with Crippen LogP contribution in [-0.4, -0.2) is 10.9 Å². The topological polar surface area (TPSA) is 32.3 Å². The van der Waals surface area contributed by atoms with Crippen LogP contribution in [0.25, 0.3) is 0 Å². The largest absolute Gasteiger partial charge is 0.351 e. The molecule has 0 saturated carbocycles. The molecular formula is C24H19ClN2OS. The molecule has 0 aliphatic carbocycles. The molecule has 0 unspecified atom stereocenters. The molecule has 0 radical (unpaired) electrons. The molecule has 1 atom stereocenters. The van der Waals surface area contributed by atoms with Gasteiger partial charge < -0.3 is 5.32 Å². The molecule has 0 aromatic heterocycles. The first-order valence-corrected chi connectivity index (χ1v) is 10.1. The number of carbonyl (C=O) groups is 1. The SMILES string of the molecule is CC1=C(C(=O)c2ccccc2)[C@H](c2ccc(Cl)cc2)NC(=S)N1c1ccccc1. The van der Waals surface area contributed by atoms with Gasteiger partial charge in [-0.25, -0.2) is 0 Å². The number of halogens is 1. The van der Waals surface area contributed by atoms with Crippen molar-refractivity contribution < 1.29 is 4.79 Å². The number of anilines is 1. The van der Waals surface area contributed by atoms with Gasteiger partial charge in [0.1, 0.15) is 0 Å². The maximum atomic E-state index is 13.6. The highest BCUT2D eigenvalue weighted by molar-refractivity contribution is 7.80. The molecule has 5 heteroatoms. The third-order valence-electron chi connectivity index (χ3n) is 4.98. The van der Waals surface area contributed by atoms with Crippen LogP contribution in [-0.2, 0) is 0 Å². The third kappa shape index (κ3) is 3.82. The Hall–Kier alpha value is -2.95. The molecule has 1 aliphatic rings. The van der Waals surface area contributed by atoms with Gasteiger partial charge in [0.25, 0.3) is 0 Å². The first-order chi connectivity index (χ1) is 14.1. The van der Waals surface area contributed by atoms with Gasteiger partial charge in [-0.3, -0.25) is 9.69 Å². The maximum Gasteiger partial charge on any atom is 0.193 e. The first kappa shape index (κ1) is 19.4. The van der Waals surface area contributed by atoms with E-state index in [1.807, 2.05) is 96.8 Å². The van der Waals surface area contributed by atoms with Crippen molar-refractivity contribution in [1.29, 1.82) is 0 Å². The molecule has 0 fully saturated rings. The summed E-state index contributed by atoms with van der Waals surface area (Å²) in [6.45, 7) is 1.94. The van der Waals surface area contributed by atoms with Crippen LogP contribution in [0.2, 0.25) is 5.02 Å². The van der Waals surface area contributed by atoms with E-state index in [1.54, 1.807) is 0 Å². The quantitative estimate of drug-likeness (QED) is 0.420. The standard InChI is InChI=1S/C24H19ClN2OS/c1-16-21(23(28)18-8-4-2-5-9-18)22(17-12-14-19(25)15-13-17)26-24(29)27(16)20-10-6-3-7-11-20/h2-15,22H,1H3,(H,26,29)/t22-/m0/s1. The van der Waals surface area contributed by atoms with E-state index in [0.29, 0.717) is 21.3 Å². The summed E-state index contributed by atoms with van der Waals surface area (Å²) in [7, 11) is 0. The number of rotatable bonds is 4. The number of hydrogen-bond acceptors (Lipinski definition) is 2. The minimum absolute atomic E-state index is 0.0287. The Balaban J connectivity index is 1.88. The zero-order valence-electron chi connectivity index (χ0n) is 15.8. The number of nitrogens with one attached hydrogen (secondary N) is 1. The molecule has 3 aromatic carbocycles. The minimum atomic E-state index is -0.354. The van der Waals surface area contributed by atoms with Gasteiger partial charge in [0.2, 0.25) is 0 Å². The second-order valence-corrected chi connectivity index (χ2v) is 7.62. The van der Waals surface area contributed by atoms with Crippen LogP contribution in [0.15, 0.2) is 96.2 Å². The van der Waals surface area contributed by atoms with E-state index in [-0.39, 0.29) is 11.8 Å². The highest BCUT2D eigenvalue weighted by atomic mass is 35.5. The van der Waals surface area contributed by atoms with E-state index in [4.69, 9.17) is 23.8 Å². The zero-order valence-corrected chi connectivity index (χ0v) is 17.4. The summed E-state index contributed by atoms with van der Waals surface area (Å²) in [6.07, 6.45) is 0. The highest BCUT2D eigenvalue weighted by Crippen LogP contribution is 2.35. The van der Waals surface area contributed by atoms with Crippen LogP contribution in [0.1, 0.15) is 28.9 Å². The molecule has 0 bridgehead atoms. The smallest absolute Gasteiger partial charge is 0.193 e. The van der Waals surface area contributed by atoms with Crippen molar-refractivity contribution >= 4 is 40.4 Å². The van der Waals surface area contributed by atoms with E-state index in [9.17, 15) is 4.79 Å². The summed E-state index contributed by atoms with van der Waals surface area (Å²) in [5.74, 6) is -0.0287. The zero-order chi connectivity index (χ0) is 20.4. The van der Waals surface area contributed by atoms with Crippen molar-refractivity contribution in [2.24, 2.45) is 0 Å². The monoisotopic (exact) mass is 418 g/mol. The molecule has 4 rings (SSSR count). The number of ketones is 1. The van der Waals surface area contributed by atoms with Crippen molar-refractivity contribution in [3.63, 3.8) is 0 Å². The van der Waals surface area contributed by atoms with E-state index in [2.05, 4.69) is 5.32 Å². The summed E-state index contributed by atoms with van der Waals surface area (Å²) < 4.78 is 0. The number of hydrogen-bond donors (Lipinski definition) is 1. The van der Waals surface area contributed by atoms with Gasteiger partial charge >= 0.3 is 0 Å². The van der Waals surface area contributed by atoms with Gasteiger partial charge in [-0.05, 0) is 49.0 Å². The number of para-hydroxylation sites is 1. The molecule has 0 amide bonds. The molecule has 1 aliphatic heterocycles. The van der Waals surface area contributed by atoms with Crippen molar-refractivity contribution in [3.8, 4) is 0 Å². The third-order valence-corrected chi connectivity index (χ3v) is 5.54. The van der Waals surface area contributed by atoms with Crippen LogP contribution >= 0.6 is 23.8 Å². The minimum Gasteiger partial charge on any atom is -0.351 e. The molecule has 29 heavy (non-hydrogen) atoms. The molecule has 0 spiro atoms. The number of nitrogens with zero attached hydrogens (tertiary/aromatic N) is 1. The first-order valence-electron chi connectivity index (χ1n) is 9.28. The molecule has 144 valence electrons. The maximum absolute atomic E-state index is 13.6. The molecule has 1 heterocycles. The number of benzene rings is 3.